The van der Waals surface area contributed by atoms with Crippen LogP contribution in [0.1, 0.15) is 32.8 Å². The molecule has 0 aliphatic heterocycles. The molecule has 0 saturated carbocycles. The highest BCUT2D eigenvalue weighted by molar-refractivity contribution is 5.32. The van der Waals surface area contributed by atoms with Crippen LogP contribution in [0.25, 0.3) is 0 Å². The first-order valence-electron chi connectivity index (χ1n) is 6.16. The number of ether oxygens (including phenoxy) is 1. The van der Waals surface area contributed by atoms with Gasteiger partial charge in [0.05, 0.1) is 12.7 Å². The number of halogens is 1. The number of nitrogens with one attached hydrogen (secondary N) is 1. The van der Waals surface area contributed by atoms with E-state index in [1.165, 1.54) is 19.2 Å². The summed E-state index contributed by atoms with van der Waals surface area (Å²) in [5.74, 6) is -0.262. The van der Waals surface area contributed by atoms with E-state index < -0.39 is 11.4 Å². The molecule has 0 radical (unpaired) electrons. The van der Waals surface area contributed by atoms with Gasteiger partial charge in [-0.3, -0.25) is 0 Å². The maximum Gasteiger partial charge on any atom is 0.165 e. The first kappa shape index (κ1) is 14.9. The van der Waals surface area contributed by atoms with Crippen LogP contribution in [0, 0.1) is 5.82 Å². The summed E-state index contributed by atoms with van der Waals surface area (Å²) < 4.78 is 18.4. The minimum atomic E-state index is -1.05. The number of methoxy groups -OCH3 is 1. The van der Waals surface area contributed by atoms with Gasteiger partial charge in [-0.25, -0.2) is 4.39 Å². The average molecular weight is 255 g/mol. The SMILES string of the molecule is COc1ccc(C(C)(O)CCNC(C)C)cc1F. The van der Waals surface area contributed by atoms with E-state index in [9.17, 15) is 9.50 Å². The Hall–Kier alpha value is -1.13. The molecule has 0 fully saturated rings. The smallest absolute Gasteiger partial charge is 0.165 e. The zero-order chi connectivity index (χ0) is 13.8. The molecule has 0 heterocycles. The molecular weight excluding hydrogens is 233 g/mol. The largest absolute Gasteiger partial charge is 0.494 e. The summed E-state index contributed by atoms with van der Waals surface area (Å²) in [5, 5.41) is 13.6. The Balaban J connectivity index is 2.75. The van der Waals surface area contributed by atoms with Crippen molar-refractivity contribution in [3.63, 3.8) is 0 Å². The molecule has 0 aliphatic carbocycles. The lowest BCUT2D eigenvalue weighted by Gasteiger charge is -2.25. The van der Waals surface area contributed by atoms with Gasteiger partial charge in [0.2, 0.25) is 0 Å². The third-order valence-corrected chi connectivity index (χ3v) is 2.94. The van der Waals surface area contributed by atoms with Crippen LogP contribution in [0.15, 0.2) is 18.2 Å². The fourth-order valence-electron chi connectivity index (χ4n) is 1.75. The third-order valence-electron chi connectivity index (χ3n) is 2.94. The van der Waals surface area contributed by atoms with Gasteiger partial charge in [0, 0.05) is 6.04 Å². The maximum absolute atomic E-state index is 13.6. The Morgan fingerprint density at radius 1 is 1.44 bits per heavy atom. The van der Waals surface area contributed by atoms with E-state index in [0.29, 0.717) is 24.6 Å². The quantitative estimate of drug-likeness (QED) is 0.820. The highest BCUT2D eigenvalue weighted by Crippen LogP contribution is 2.28. The molecule has 1 aromatic carbocycles. The first-order valence-corrected chi connectivity index (χ1v) is 6.16. The number of aliphatic hydroxyl groups is 1. The van der Waals surface area contributed by atoms with Crippen molar-refractivity contribution >= 4 is 0 Å². The van der Waals surface area contributed by atoms with E-state index in [0.717, 1.165) is 0 Å². The van der Waals surface area contributed by atoms with E-state index in [2.05, 4.69) is 5.32 Å². The highest BCUT2D eigenvalue weighted by atomic mass is 19.1. The highest BCUT2D eigenvalue weighted by Gasteiger charge is 2.23. The van der Waals surface area contributed by atoms with E-state index in [1.54, 1.807) is 13.0 Å². The van der Waals surface area contributed by atoms with Gasteiger partial charge >= 0.3 is 0 Å². The summed E-state index contributed by atoms with van der Waals surface area (Å²) in [7, 11) is 1.42. The van der Waals surface area contributed by atoms with Crippen molar-refractivity contribution in [1.82, 2.24) is 5.32 Å². The van der Waals surface area contributed by atoms with Gasteiger partial charge in [0.15, 0.2) is 11.6 Å². The summed E-state index contributed by atoms with van der Waals surface area (Å²) in [6.45, 7) is 6.46. The van der Waals surface area contributed by atoms with Crippen LogP contribution in [0.3, 0.4) is 0 Å². The predicted octanol–water partition coefficient (Wildman–Crippen LogP) is 2.43. The molecule has 3 nitrogen and oxygen atoms in total. The zero-order valence-electron chi connectivity index (χ0n) is 11.5. The molecule has 1 atom stereocenters. The van der Waals surface area contributed by atoms with E-state index in [-0.39, 0.29) is 5.75 Å². The van der Waals surface area contributed by atoms with Crippen LogP contribution in [-0.2, 0) is 5.60 Å². The van der Waals surface area contributed by atoms with Crippen molar-refractivity contribution in [2.75, 3.05) is 13.7 Å². The molecule has 1 aromatic rings. The van der Waals surface area contributed by atoms with Crippen molar-refractivity contribution in [1.29, 1.82) is 0 Å². The fourth-order valence-corrected chi connectivity index (χ4v) is 1.75. The topological polar surface area (TPSA) is 41.5 Å². The molecule has 0 aliphatic rings. The van der Waals surface area contributed by atoms with Crippen LogP contribution in [-0.4, -0.2) is 24.8 Å². The monoisotopic (exact) mass is 255 g/mol. The zero-order valence-corrected chi connectivity index (χ0v) is 11.5. The summed E-state index contributed by atoms with van der Waals surface area (Å²) in [4.78, 5) is 0. The maximum atomic E-state index is 13.6. The molecule has 0 saturated heterocycles. The standard InChI is InChI=1S/C14H22FNO2/c1-10(2)16-8-7-14(3,17)11-5-6-13(18-4)12(15)9-11/h5-6,9-10,16-17H,7-8H2,1-4H3. The molecule has 1 unspecified atom stereocenters. The van der Waals surface area contributed by atoms with E-state index >= 15 is 0 Å². The van der Waals surface area contributed by atoms with Gasteiger partial charge in [0.25, 0.3) is 0 Å². The first-order chi connectivity index (χ1) is 8.36. The van der Waals surface area contributed by atoms with E-state index in [4.69, 9.17) is 4.74 Å². The Morgan fingerprint density at radius 3 is 2.61 bits per heavy atom. The second-order valence-corrected chi connectivity index (χ2v) is 4.98. The molecule has 4 heteroatoms. The van der Waals surface area contributed by atoms with Crippen molar-refractivity contribution in [3.05, 3.63) is 29.6 Å². The van der Waals surface area contributed by atoms with Crippen LogP contribution in [0.4, 0.5) is 4.39 Å². The Morgan fingerprint density at radius 2 is 2.11 bits per heavy atom. The number of rotatable bonds is 6. The third kappa shape index (κ3) is 3.96. The minimum Gasteiger partial charge on any atom is -0.494 e. The van der Waals surface area contributed by atoms with Gasteiger partial charge in [0.1, 0.15) is 0 Å². The van der Waals surface area contributed by atoms with E-state index in [1.807, 2.05) is 13.8 Å². The molecule has 1 rings (SSSR count). The van der Waals surface area contributed by atoms with Gasteiger partial charge < -0.3 is 15.2 Å². The van der Waals surface area contributed by atoms with Crippen molar-refractivity contribution in [2.45, 2.75) is 38.8 Å². The van der Waals surface area contributed by atoms with Crippen LogP contribution in [0.2, 0.25) is 0 Å². The summed E-state index contributed by atoms with van der Waals surface area (Å²) in [6.07, 6.45) is 0.525. The van der Waals surface area contributed by atoms with Crippen molar-refractivity contribution < 1.29 is 14.2 Å². The fraction of sp³-hybridized carbons (Fsp3) is 0.571. The predicted molar refractivity (Wildman–Crippen MR) is 70.3 cm³/mol. The molecule has 102 valence electrons. The molecule has 0 bridgehead atoms. The second kappa shape index (κ2) is 6.16. The Labute approximate surface area is 108 Å². The second-order valence-electron chi connectivity index (χ2n) is 4.98. The van der Waals surface area contributed by atoms with Crippen LogP contribution >= 0.6 is 0 Å². The Bertz CT molecular complexity index is 391. The number of hydrogen-bond donors (Lipinski definition) is 2. The molecule has 0 amide bonds. The molecule has 2 N–H and O–H groups in total. The summed E-state index contributed by atoms with van der Waals surface area (Å²) in [5.41, 5.74) is -0.485. The van der Waals surface area contributed by atoms with Crippen LogP contribution in [0.5, 0.6) is 5.75 Å². The molecule has 0 aromatic heterocycles. The summed E-state index contributed by atoms with van der Waals surface area (Å²) in [6, 6.07) is 4.92. The number of benzene rings is 1. The lowest BCUT2D eigenvalue weighted by Crippen LogP contribution is -2.31. The molecule has 0 spiro atoms. The average Bonchev–Trinajstić information content (AvgIpc) is 2.28. The number of hydrogen-bond acceptors (Lipinski definition) is 3. The van der Waals surface area contributed by atoms with Gasteiger partial charge in [-0.2, -0.15) is 0 Å². The van der Waals surface area contributed by atoms with Crippen molar-refractivity contribution in [3.8, 4) is 5.75 Å². The van der Waals surface area contributed by atoms with Crippen LogP contribution < -0.4 is 10.1 Å². The Kier molecular flexibility index (Phi) is 5.11. The minimum absolute atomic E-state index is 0.190. The summed E-state index contributed by atoms with van der Waals surface area (Å²) >= 11 is 0. The molecule has 18 heavy (non-hydrogen) atoms. The normalized spacial score (nSPS) is 14.6. The van der Waals surface area contributed by atoms with Gasteiger partial charge in [-0.05, 0) is 37.6 Å². The van der Waals surface area contributed by atoms with Gasteiger partial charge in [-0.15, -0.1) is 0 Å². The lowest BCUT2D eigenvalue weighted by atomic mass is 9.92. The molecular formula is C14H22FNO2. The van der Waals surface area contributed by atoms with Crippen molar-refractivity contribution in [2.24, 2.45) is 0 Å². The lowest BCUT2D eigenvalue weighted by molar-refractivity contribution is 0.0471. The van der Waals surface area contributed by atoms with Gasteiger partial charge in [-0.1, -0.05) is 19.9 Å².